The van der Waals surface area contributed by atoms with E-state index in [-0.39, 0.29) is 5.91 Å². The molecular weight excluding hydrogens is 214 g/mol. The molecule has 1 aliphatic heterocycles. The van der Waals surface area contributed by atoms with Crippen LogP contribution in [0.2, 0.25) is 0 Å². The molecule has 1 heterocycles. The molecule has 0 atom stereocenters. The number of hydrogen-bond donors (Lipinski definition) is 2. The van der Waals surface area contributed by atoms with Gasteiger partial charge in [0.05, 0.1) is 11.4 Å². The van der Waals surface area contributed by atoms with E-state index in [1.54, 1.807) is 0 Å². The fourth-order valence-corrected chi connectivity index (χ4v) is 1.93. The molecule has 2 N–H and O–H groups in total. The molecule has 92 valence electrons. The van der Waals surface area contributed by atoms with E-state index in [4.69, 9.17) is 0 Å². The Kier molecular flexibility index (Phi) is 3.64. The molecule has 1 fully saturated rings. The van der Waals surface area contributed by atoms with E-state index in [1.807, 2.05) is 43.3 Å². The summed E-state index contributed by atoms with van der Waals surface area (Å²) in [6.45, 7) is 1.92. The SMILES string of the molecule is CN(C)c1ccccc1NC(=O)CC1CNC1. The fourth-order valence-electron chi connectivity index (χ4n) is 1.93. The quantitative estimate of drug-likeness (QED) is 0.824. The van der Waals surface area contributed by atoms with Crippen LogP contribution in [0.15, 0.2) is 24.3 Å². The summed E-state index contributed by atoms with van der Waals surface area (Å²) in [6, 6.07) is 7.85. The summed E-state index contributed by atoms with van der Waals surface area (Å²) in [5.41, 5.74) is 1.92. The average Bonchev–Trinajstić information content (AvgIpc) is 2.24. The molecule has 1 aromatic carbocycles. The Morgan fingerprint density at radius 1 is 1.41 bits per heavy atom. The molecule has 1 saturated heterocycles. The number of para-hydroxylation sites is 2. The Labute approximate surface area is 102 Å². The molecule has 0 saturated carbocycles. The number of carbonyl (C=O) groups excluding carboxylic acids is 1. The van der Waals surface area contributed by atoms with Crippen molar-refractivity contribution in [3.05, 3.63) is 24.3 Å². The highest BCUT2D eigenvalue weighted by Gasteiger charge is 2.20. The molecule has 17 heavy (non-hydrogen) atoms. The molecular formula is C13H19N3O. The first-order valence-corrected chi connectivity index (χ1v) is 5.93. The third kappa shape index (κ3) is 2.97. The smallest absolute Gasteiger partial charge is 0.224 e. The summed E-state index contributed by atoms with van der Waals surface area (Å²) < 4.78 is 0. The first-order chi connectivity index (χ1) is 8.16. The van der Waals surface area contributed by atoms with Gasteiger partial charge < -0.3 is 15.5 Å². The van der Waals surface area contributed by atoms with Crippen LogP contribution in [0.25, 0.3) is 0 Å². The van der Waals surface area contributed by atoms with Crippen LogP contribution in [0.5, 0.6) is 0 Å². The summed E-state index contributed by atoms with van der Waals surface area (Å²) in [7, 11) is 3.95. The van der Waals surface area contributed by atoms with Gasteiger partial charge in [0.2, 0.25) is 5.91 Å². The first-order valence-electron chi connectivity index (χ1n) is 5.93. The highest BCUT2D eigenvalue weighted by atomic mass is 16.1. The highest BCUT2D eigenvalue weighted by molar-refractivity contribution is 5.94. The van der Waals surface area contributed by atoms with E-state index in [2.05, 4.69) is 10.6 Å². The lowest BCUT2D eigenvalue weighted by molar-refractivity contribution is -0.117. The monoisotopic (exact) mass is 233 g/mol. The van der Waals surface area contributed by atoms with Gasteiger partial charge >= 0.3 is 0 Å². The van der Waals surface area contributed by atoms with Crippen LogP contribution in [-0.2, 0) is 4.79 Å². The second kappa shape index (κ2) is 5.19. The molecule has 0 bridgehead atoms. The summed E-state index contributed by atoms with van der Waals surface area (Å²) >= 11 is 0. The molecule has 4 heteroatoms. The molecule has 0 unspecified atom stereocenters. The number of nitrogens with zero attached hydrogens (tertiary/aromatic N) is 1. The van der Waals surface area contributed by atoms with Crippen molar-refractivity contribution in [1.29, 1.82) is 0 Å². The van der Waals surface area contributed by atoms with Crippen molar-refractivity contribution < 1.29 is 4.79 Å². The predicted octanol–water partition coefficient (Wildman–Crippen LogP) is 1.30. The molecule has 2 rings (SSSR count). The molecule has 1 aromatic rings. The van der Waals surface area contributed by atoms with Crippen molar-refractivity contribution in [3.63, 3.8) is 0 Å². The number of nitrogens with one attached hydrogen (secondary N) is 2. The number of rotatable bonds is 4. The largest absolute Gasteiger partial charge is 0.376 e. The molecule has 0 aromatic heterocycles. The normalized spacial score (nSPS) is 15.2. The summed E-state index contributed by atoms with van der Waals surface area (Å²) in [4.78, 5) is 13.8. The summed E-state index contributed by atoms with van der Waals surface area (Å²) in [5.74, 6) is 0.604. The minimum Gasteiger partial charge on any atom is -0.376 e. The van der Waals surface area contributed by atoms with E-state index >= 15 is 0 Å². The first kappa shape index (κ1) is 11.9. The van der Waals surface area contributed by atoms with E-state index in [0.29, 0.717) is 12.3 Å². The van der Waals surface area contributed by atoms with Gasteiger partial charge in [0.15, 0.2) is 0 Å². The molecule has 1 amide bonds. The lowest BCUT2D eigenvalue weighted by atomic mass is 9.99. The Morgan fingerprint density at radius 2 is 2.12 bits per heavy atom. The van der Waals surface area contributed by atoms with Gasteiger partial charge in [0.25, 0.3) is 0 Å². The van der Waals surface area contributed by atoms with E-state index < -0.39 is 0 Å². The second-order valence-electron chi connectivity index (χ2n) is 4.69. The highest BCUT2D eigenvalue weighted by Crippen LogP contribution is 2.24. The van der Waals surface area contributed by atoms with Crippen LogP contribution in [-0.4, -0.2) is 33.1 Å². The van der Waals surface area contributed by atoms with E-state index in [1.165, 1.54) is 0 Å². The van der Waals surface area contributed by atoms with Crippen molar-refractivity contribution in [2.24, 2.45) is 5.92 Å². The number of amides is 1. The van der Waals surface area contributed by atoms with Crippen LogP contribution < -0.4 is 15.5 Å². The molecule has 0 spiro atoms. The maximum Gasteiger partial charge on any atom is 0.224 e. The second-order valence-corrected chi connectivity index (χ2v) is 4.69. The zero-order chi connectivity index (χ0) is 12.3. The van der Waals surface area contributed by atoms with Crippen LogP contribution in [0.1, 0.15) is 6.42 Å². The third-order valence-electron chi connectivity index (χ3n) is 3.00. The fraction of sp³-hybridized carbons (Fsp3) is 0.462. The topological polar surface area (TPSA) is 44.4 Å². The van der Waals surface area contributed by atoms with Crippen molar-refractivity contribution in [2.45, 2.75) is 6.42 Å². The maximum atomic E-state index is 11.8. The van der Waals surface area contributed by atoms with Crippen LogP contribution in [0.3, 0.4) is 0 Å². The van der Waals surface area contributed by atoms with Gasteiger partial charge in [-0.1, -0.05) is 12.1 Å². The van der Waals surface area contributed by atoms with Crippen molar-refractivity contribution in [3.8, 4) is 0 Å². The minimum absolute atomic E-state index is 0.103. The maximum absolute atomic E-state index is 11.8. The lowest BCUT2D eigenvalue weighted by Crippen LogP contribution is -2.43. The van der Waals surface area contributed by atoms with Gasteiger partial charge in [-0.2, -0.15) is 0 Å². The third-order valence-corrected chi connectivity index (χ3v) is 3.00. The van der Waals surface area contributed by atoms with E-state index in [9.17, 15) is 4.79 Å². The number of anilines is 2. The Bertz CT molecular complexity index is 399. The van der Waals surface area contributed by atoms with Gasteiger partial charge in [0.1, 0.15) is 0 Å². The number of carbonyl (C=O) groups is 1. The molecule has 1 aliphatic rings. The van der Waals surface area contributed by atoms with Gasteiger partial charge in [-0.25, -0.2) is 0 Å². The van der Waals surface area contributed by atoms with Crippen molar-refractivity contribution >= 4 is 17.3 Å². The number of benzene rings is 1. The minimum atomic E-state index is 0.103. The van der Waals surface area contributed by atoms with Gasteiger partial charge in [-0.15, -0.1) is 0 Å². The summed E-state index contributed by atoms with van der Waals surface area (Å²) in [5, 5.41) is 6.15. The van der Waals surface area contributed by atoms with Crippen LogP contribution >= 0.6 is 0 Å². The molecule has 0 radical (unpaired) electrons. The van der Waals surface area contributed by atoms with Crippen molar-refractivity contribution in [1.82, 2.24) is 5.32 Å². The molecule has 0 aliphatic carbocycles. The average molecular weight is 233 g/mol. The van der Waals surface area contributed by atoms with Gasteiger partial charge in [-0.3, -0.25) is 4.79 Å². The standard InChI is InChI=1S/C13H19N3O/c1-16(2)12-6-4-3-5-11(12)15-13(17)7-10-8-14-9-10/h3-6,10,14H,7-9H2,1-2H3,(H,15,17). The zero-order valence-electron chi connectivity index (χ0n) is 10.4. The molecule has 4 nitrogen and oxygen atoms in total. The van der Waals surface area contributed by atoms with Gasteiger partial charge in [0, 0.05) is 20.5 Å². The van der Waals surface area contributed by atoms with E-state index in [0.717, 1.165) is 24.5 Å². The Hall–Kier alpha value is -1.55. The Morgan fingerprint density at radius 3 is 2.71 bits per heavy atom. The predicted molar refractivity (Wildman–Crippen MR) is 70.4 cm³/mol. The lowest BCUT2D eigenvalue weighted by Gasteiger charge is -2.26. The van der Waals surface area contributed by atoms with Gasteiger partial charge in [-0.05, 0) is 31.1 Å². The van der Waals surface area contributed by atoms with Crippen LogP contribution in [0, 0.1) is 5.92 Å². The zero-order valence-corrected chi connectivity index (χ0v) is 10.4. The summed E-state index contributed by atoms with van der Waals surface area (Å²) in [6.07, 6.45) is 0.606. The number of hydrogen-bond acceptors (Lipinski definition) is 3. The Balaban J connectivity index is 1.99. The van der Waals surface area contributed by atoms with Crippen molar-refractivity contribution in [2.75, 3.05) is 37.4 Å². The van der Waals surface area contributed by atoms with Crippen LogP contribution in [0.4, 0.5) is 11.4 Å².